The van der Waals surface area contributed by atoms with Crippen LogP contribution in [0.25, 0.3) is 0 Å². The van der Waals surface area contributed by atoms with Crippen molar-refractivity contribution in [2.24, 2.45) is 4.99 Å². The fourth-order valence-electron chi connectivity index (χ4n) is 1.35. The lowest BCUT2D eigenvalue weighted by Crippen LogP contribution is -2.18. The first-order chi connectivity index (χ1) is 7.24. The lowest BCUT2D eigenvalue weighted by Gasteiger charge is -2.12. The van der Waals surface area contributed by atoms with Gasteiger partial charge in [0.2, 0.25) is 0 Å². The smallest absolute Gasteiger partial charge is 0.0400 e. The zero-order valence-electron chi connectivity index (χ0n) is 10.4. The molecule has 0 aliphatic carbocycles. The number of unbranched alkanes of at least 4 members (excludes halogenated alkanes) is 1. The van der Waals surface area contributed by atoms with Crippen LogP contribution in [0.1, 0.15) is 33.1 Å². The Morgan fingerprint density at radius 3 is 2.67 bits per heavy atom. The topological polar surface area (TPSA) is 15.6 Å². The highest BCUT2D eigenvalue weighted by atomic mass is 15.1. The van der Waals surface area contributed by atoms with Crippen LogP contribution in [-0.2, 0) is 0 Å². The molecular weight excluding hydrogens is 184 g/mol. The number of aliphatic imine (C=N–C) groups is 1. The summed E-state index contributed by atoms with van der Waals surface area (Å²) in [7, 11) is 2.16. The molecule has 0 aromatic heterocycles. The van der Waals surface area contributed by atoms with Crippen LogP contribution in [0.2, 0.25) is 0 Å². The van der Waals surface area contributed by atoms with Crippen LogP contribution < -0.4 is 0 Å². The highest BCUT2D eigenvalue weighted by molar-refractivity contribution is 5.95. The Balaban J connectivity index is 3.72. The van der Waals surface area contributed by atoms with Crippen LogP contribution in [-0.4, -0.2) is 30.7 Å². The molecule has 2 nitrogen and oxygen atoms in total. The van der Waals surface area contributed by atoms with E-state index in [4.69, 9.17) is 0 Å². The first-order valence-corrected chi connectivity index (χ1v) is 5.73. The van der Waals surface area contributed by atoms with E-state index in [-0.39, 0.29) is 0 Å². The van der Waals surface area contributed by atoms with Crippen LogP contribution in [0.5, 0.6) is 0 Å². The molecule has 0 radical (unpaired) electrons. The van der Waals surface area contributed by atoms with Crippen LogP contribution in [0, 0.1) is 0 Å². The average Bonchev–Trinajstić information content (AvgIpc) is 2.24. The van der Waals surface area contributed by atoms with E-state index in [2.05, 4.69) is 36.5 Å². The molecule has 86 valence electrons. The Kier molecular flexibility index (Phi) is 9.08. The van der Waals surface area contributed by atoms with Gasteiger partial charge in [0, 0.05) is 11.9 Å². The third-order valence-corrected chi connectivity index (χ3v) is 2.38. The molecule has 0 atom stereocenters. The monoisotopic (exact) mass is 208 g/mol. The van der Waals surface area contributed by atoms with Crippen molar-refractivity contribution >= 4 is 5.71 Å². The molecule has 0 spiro atoms. The molecule has 0 fully saturated rings. The summed E-state index contributed by atoms with van der Waals surface area (Å²) in [6, 6.07) is 0. The molecule has 0 saturated carbocycles. The molecule has 15 heavy (non-hydrogen) atoms. The van der Waals surface area contributed by atoms with Gasteiger partial charge in [-0.05, 0) is 52.4 Å². The van der Waals surface area contributed by atoms with Crippen molar-refractivity contribution in [1.29, 1.82) is 0 Å². The quantitative estimate of drug-likeness (QED) is 0.441. The van der Waals surface area contributed by atoms with E-state index in [1.165, 1.54) is 19.4 Å². The van der Waals surface area contributed by atoms with Gasteiger partial charge in [-0.25, -0.2) is 0 Å². The van der Waals surface area contributed by atoms with E-state index < -0.39 is 0 Å². The molecule has 0 N–H and O–H groups in total. The number of allylic oxidation sites excluding steroid dienone is 2. The molecule has 0 rings (SSSR count). The summed E-state index contributed by atoms with van der Waals surface area (Å²) >= 11 is 0. The molecular formula is C13H24N2. The highest BCUT2D eigenvalue weighted by Gasteiger charge is 1.96. The summed E-state index contributed by atoms with van der Waals surface area (Å²) < 4.78 is 0. The fourth-order valence-corrected chi connectivity index (χ4v) is 1.35. The van der Waals surface area contributed by atoms with Gasteiger partial charge < -0.3 is 4.90 Å². The van der Waals surface area contributed by atoms with Crippen molar-refractivity contribution in [3.05, 3.63) is 24.9 Å². The normalized spacial score (nSPS) is 12.7. The number of hydrogen-bond donors (Lipinski definition) is 0. The first kappa shape index (κ1) is 14.1. The van der Waals surface area contributed by atoms with Crippen molar-refractivity contribution in [3.8, 4) is 0 Å². The third-order valence-electron chi connectivity index (χ3n) is 2.38. The minimum absolute atomic E-state index is 1.05. The lowest BCUT2D eigenvalue weighted by atomic mass is 10.1. The molecule has 0 bridgehead atoms. The van der Waals surface area contributed by atoms with Crippen molar-refractivity contribution in [2.45, 2.75) is 33.1 Å². The molecule has 0 aliphatic heterocycles. The predicted molar refractivity (Wildman–Crippen MR) is 69.5 cm³/mol. The standard InChI is InChI=1S/C13H24N2/c1-5-10-13(14-6-2)11-8-9-12-15(4)7-3/h5-6,10H,2,7-9,11-12H2,1,3-4H3/b10-5-,14-13+. The van der Waals surface area contributed by atoms with Crippen molar-refractivity contribution in [3.63, 3.8) is 0 Å². The summed E-state index contributed by atoms with van der Waals surface area (Å²) in [5, 5.41) is 0. The zero-order valence-corrected chi connectivity index (χ0v) is 10.4. The molecule has 0 unspecified atom stereocenters. The summed E-state index contributed by atoms with van der Waals surface area (Å²) in [6.45, 7) is 10.1. The van der Waals surface area contributed by atoms with Gasteiger partial charge in [0.25, 0.3) is 0 Å². The minimum Gasteiger partial charge on any atom is -0.307 e. The van der Waals surface area contributed by atoms with Gasteiger partial charge in [0.15, 0.2) is 0 Å². The van der Waals surface area contributed by atoms with E-state index in [0.29, 0.717) is 0 Å². The van der Waals surface area contributed by atoms with E-state index >= 15 is 0 Å². The van der Waals surface area contributed by atoms with Crippen LogP contribution >= 0.6 is 0 Å². The van der Waals surface area contributed by atoms with Crippen molar-refractivity contribution in [2.75, 3.05) is 20.1 Å². The van der Waals surface area contributed by atoms with E-state index in [1.807, 2.05) is 13.0 Å². The molecule has 0 saturated heterocycles. The van der Waals surface area contributed by atoms with Gasteiger partial charge in [-0.2, -0.15) is 0 Å². The summed E-state index contributed by atoms with van der Waals surface area (Å²) in [5.74, 6) is 0. The molecule has 2 heteroatoms. The van der Waals surface area contributed by atoms with E-state index in [1.54, 1.807) is 6.20 Å². The first-order valence-electron chi connectivity index (χ1n) is 5.73. The molecule has 0 aliphatic rings. The Hall–Kier alpha value is -0.890. The second kappa shape index (κ2) is 9.66. The van der Waals surface area contributed by atoms with Crippen LogP contribution in [0.3, 0.4) is 0 Å². The summed E-state index contributed by atoms with van der Waals surface area (Å²) in [6.07, 6.45) is 9.19. The Morgan fingerprint density at radius 2 is 2.13 bits per heavy atom. The van der Waals surface area contributed by atoms with Gasteiger partial charge in [-0.1, -0.05) is 19.6 Å². The maximum atomic E-state index is 4.23. The Morgan fingerprint density at radius 1 is 1.40 bits per heavy atom. The predicted octanol–water partition coefficient (Wildman–Crippen LogP) is 3.27. The van der Waals surface area contributed by atoms with Gasteiger partial charge >= 0.3 is 0 Å². The molecule has 0 amide bonds. The van der Waals surface area contributed by atoms with Gasteiger partial charge in [-0.3, -0.25) is 4.99 Å². The Labute approximate surface area is 94.4 Å². The highest BCUT2D eigenvalue weighted by Crippen LogP contribution is 2.01. The lowest BCUT2D eigenvalue weighted by molar-refractivity contribution is 0.344. The number of rotatable bonds is 8. The summed E-state index contributed by atoms with van der Waals surface area (Å²) in [5.41, 5.74) is 1.13. The maximum absolute atomic E-state index is 4.23. The summed E-state index contributed by atoms with van der Waals surface area (Å²) in [4.78, 5) is 6.56. The second-order valence-corrected chi connectivity index (χ2v) is 3.66. The Bertz CT molecular complexity index is 217. The van der Waals surface area contributed by atoms with Crippen molar-refractivity contribution in [1.82, 2.24) is 4.90 Å². The largest absolute Gasteiger partial charge is 0.307 e. The fraction of sp³-hybridized carbons (Fsp3) is 0.615. The zero-order chi connectivity index (χ0) is 11.5. The maximum Gasteiger partial charge on any atom is 0.0400 e. The average molecular weight is 208 g/mol. The van der Waals surface area contributed by atoms with E-state index in [0.717, 1.165) is 18.7 Å². The number of hydrogen-bond acceptors (Lipinski definition) is 2. The minimum atomic E-state index is 1.05. The SMILES string of the molecule is C=C/N=C(\C=C/C)CCCCN(C)CC. The van der Waals surface area contributed by atoms with Crippen LogP contribution in [0.4, 0.5) is 0 Å². The van der Waals surface area contributed by atoms with E-state index in [9.17, 15) is 0 Å². The second-order valence-electron chi connectivity index (χ2n) is 3.66. The van der Waals surface area contributed by atoms with Gasteiger partial charge in [0.1, 0.15) is 0 Å². The molecule has 0 aromatic carbocycles. The molecule has 0 heterocycles. The van der Waals surface area contributed by atoms with Gasteiger partial charge in [-0.15, -0.1) is 0 Å². The van der Waals surface area contributed by atoms with Gasteiger partial charge in [0.05, 0.1) is 0 Å². The number of nitrogens with zero attached hydrogens (tertiary/aromatic N) is 2. The van der Waals surface area contributed by atoms with Crippen molar-refractivity contribution < 1.29 is 0 Å². The third kappa shape index (κ3) is 8.13. The van der Waals surface area contributed by atoms with Crippen LogP contribution in [0.15, 0.2) is 29.9 Å². The molecule has 0 aromatic rings.